The second-order valence-corrected chi connectivity index (χ2v) is 27.3. The highest BCUT2D eigenvalue weighted by Gasteiger charge is 2.39. The molecule has 0 saturated carbocycles. The first-order valence-corrected chi connectivity index (χ1v) is 36.9. The van der Waals surface area contributed by atoms with E-state index in [1.807, 2.05) is 59.7 Å². The first kappa shape index (κ1) is 86.3. The summed E-state index contributed by atoms with van der Waals surface area (Å²) in [7, 11) is 0. The molecule has 30 heteroatoms. The van der Waals surface area contributed by atoms with Gasteiger partial charge in [-0.05, 0) is 174 Å². The van der Waals surface area contributed by atoms with Crippen molar-refractivity contribution >= 4 is 106 Å². The molecule has 0 bridgehead atoms. The number of aromatic carboxylic acids is 12. The number of carboxylic acid groups (broad SMARTS) is 12. The number of fused-ring (bicyclic) bond motifs is 6. The molecule has 0 aliphatic heterocycles. The van der Waals surface area contributed by atoms with Crippen LogP contribution in [0.5, 0.6) is 0 Å². The minimum Gasteiger partial charge on any atom is -0.478 e. The average molecular weight is 1630 g/mol. The van der Waals surface area contributed by atoms with Crippen molar-refractivity contribution in [2.45, 2.75) is 80.1 Å². The van der Waals surface area contributed by atoms with Crippen molar-refractivity contribution in [3.8, 4) is 100 Å². The van der Waals surface area contributed by atoms with Crippen molar-refractivity contribution in [3.63, 3.8) is 0 Å². The number of anilines is 6. The number of nitrogen functional groups attached to an aromatic ring is 6. The molecule has 1 aromatic carbocycles. The van der Waals surface area contributed by atoms with Crippen LogP contribution in [-0.2, 0) is 38.5 Å². The lowest BCUT2D eigenvalue weighted by Gasteiger charge is -2.19. The Kier molecular flexibility index (Phi) is 24.8. The van der Waals surface area contributed by atoms with Gasteiger partial charge in [0.2, 0.25) is 0 Å². The molecule has 0 aromatic heterocycles. The van der Waals surface area contributed by atoms with Gasteiger partial charge < -0.3 is 95.7 Å². The van der Waals surface area contributed by atoms with Crippen LogP contribution in [0.1, 0.15) is 199 Å². The fourth-order valence-corrected chi connectivity index (χ4v) is 16.4. The van der Waals surface area contributed by atoms with Crippen LogP contribution in [0.15, 0.2) is 146 Å². The summed E-state index contributed by atoms with van der Waals surface area (Å²) in [5.41, 5.74) is 41.6. The highest BCUT2D eigenvalue weighted by Crippen LogP contribution is 2.52. The van der Waals surface area contributed by atoms with Crippen LogP contribution >= 0.6 is 0 Å². The molecule has 12 aliphatic rings. The van der Waals surface area contributed by atoms with Gasteiger partial charge in [0.1, 0.15) is 0 Å². The quantitative estimate of drug-likeness (QED) is 0.0318. The maximum absolute atomic E-state index is 13.1. The van der Waals surface area contributed by atoms with Crippen molar-refractivity contribution in [3.05, 3.63) is 246 Å². The fourth-order valence-electron chi connectivity index (χ4n) is 16.4. The molecule has 612 valence electrons. The van der Waals surface area contributed by atoms with E-state index < -0.39 is 71.6 Å². The average Bonchev–Trinajstić information content (AvgIpc) is 1.57. The van der Waals surface area contributed by atoms with E-state index in [0.717, 1.165) is 11.1 Å². The summed E-state index contributed by atoms with van der Waals surface area (Å²) in [5, 5.41) is 117. The van der Waals surface area contributed by atoms with E-state index in [2.05, 4.69) is 0 Å². The molecule has 1 aromatic rings. The zero-order chi connectivity index (χ0) is 88.4. The van der Waals surface area contributed by atoms with E-state index in [0.29, 0.717) is 121 Å². The molecular weight excluding hydrogens is 1550 g/mol. The van der Waals surface area contributed by atoms with Gasteiger partial charge in [0.15, 0.2) is 0 Å². The smallest absolute Gasteiger partial charge is 0.338 e. The van der Waals surface area contributed by atoms with Crippen LogP contribution < -0.4 is 34.4 Å². The van der Waals surface area contributed by atoms with Crippen LogP contribution in [0.2, 0.25) is 0 Å². The zero-order valence-electron chi connectivity index (χ0n) is 64.8. The number of carboxylic acids is 12. The Labute approximate surface area is 681 Å². The van der Waals surface area contributed by atoms with Gasteiger partial charge in [-0.3, -0.25) is 0 Å². The lowest BCUT2D eigenvalue weighted by Crippen LogP contribution is -2.05. The van der Waals surface area contributed by atoms with Gasteiger partial charge in [-0.1, -0.05) is 169 Å². The largest absolute Gasteiger partial charge is 0.478 e. The van der Waals surface area contributed by atoms with Gasteiger partial charge in [0, 0.05) is 16.7 Å². The van der Waals surface area contributed by atoms with Crippen LogP contribution in [0.4, 0.5) is 34.1 Å². The van der Waals surface area contributed by atoms with Crippen LogP contribution in [0, 0.1) is 0 Å². The van der Waals surface area contributed by atoms with Gasteiger partial charge in [-0.25, -0.2) is 57.5 Å². The number of hydrogen-bond acceptors (Lipinski definition) is 18. The fraction of sp³-hybridized carbons (Fsp3) is 0.133. The monoisotopic (exact) mass is 1630 g/mol. The van der Waals surface area contributed by atoms with Gasteiger partial charge >= 0.3 is 71.6 Å². The topological polar surface area (TPSA) is 604 Å². The Morgan fingerprint density at radius 1 is 0.192 bits per heavy atom. The van der Waals surface area contributed by atoms with Crippen molar-refractivity contribution in [2.75, 3.05) is 34.4 Å². The molecule has 0 amide bonds. The molecule has 0 unspecified atom stereocenters. The number of carbonyl (C=O) groups is 12. The number of hydrogen-bond donors (Lipinski definition) is 18. The molecule has 30 nitrogen and oxygen atoms in total. The normalized spacial score (nSPS) is 10.9. The first-order valence-electron chi connectivity index (χ1n) is 36.9. The standard InChI is InChI=1S/C54H51N3O12.3C12H9NO4/c1-7-26-27(8-2)37-35(42(51(62)63)47(56)43(37)52(64)65)18-17-32(26)24-19-23(22-13-15-33-34(16-14-22)41(50(60)61)46(55)40(33)49(58)59)20-25(21-24)36-28(9-3)30(11-5)38-39(31(12-6)29(36)10-4)45(54(68)69)48(57)44(38)53(66)67;3*13-10-8(11(14)15)6-4-2-1-3-5-7(6)9(10)12(16)17/h13-21H,7-12,55-57H2,1-6H3,(H,58,59)(H,60,61)(H,62,63)(H,64,65)(H,66,67)(H,68,69);3*1-5H,13H2,(H,14,15)(H,16,17). The minimum atomic E-state index is -1.41. The maximum atomic E-state index is 13.1. The second-order valence-electron chi connectivity index (χ2n) is 27.3. The maximum Gasteiger partial charge on any atom is 0.338 e. The van der Waals surface area contributed by atoms with E-state index in [-0.39, 0.29) is 141 Å². The number of nitrogens with two attached hydrogens (primary N) is 6. The van der Waals surface area contributed by atoms with Crippen LogP contribution in [-0.4, -0.2) is 133 Å². The minimum absolute atomic E-state index is 0.0934. The highest BCUT2D eigenvalue weighted by atomic mass is 16.4. The van der Waals surface area contributed by atoms with Crippen LogP contribution in [0.25, 0.3) is 100 Å². The van der Waals surface area contributed by atoms with Crippen LogP contribution in [0.3, 0.4) is 0 Å². The molecule has 0 spiro atoms. The third-order valence-corrected chi connectivity index (χ3v) is 21.1. The number of benzene rings is 1. The molecule has 0 fully saturated rings. The highest BCUT2D eigenvalue weighted by molar-refractivity contribution is 6.21. The molecule has 0 saturated heterocycles. The van der Waals surface area contributed by atoms with E-state index in [1.54, 1.807) is 115 Å². The summed E-state index contributed by atoms with van der Waals surface area (Å²) >= 11 is 0. The molecule has 0 atom stereocenters. The van der Waals surface area contributed by atoms with Gasteiger partial charge in [0.25, 0.3) is 0 Å². The van der Waals surface area contributed by atoms with Crippen molar-refractivity contribution in [1.29, 1.82) is 0 Å². The summed E-state index contributed by atoms with van der Waals surface area (Å²) in [4.78, 5) is 143. The Balaban J connectivity index is 0.000000234. The SMILES string of the molecule is CCc1c(-c2cc(-c3ccc4c(C(=O)O)c(N)c(C(=O)O)c-4cc3)cc(-c3c(CC)c(CC)c4c(C(=O)O)c(N)c(C(=O)O)c-4c(CC)c3CC)c2)ccc2c(C(=O)O)c(N)c(C(=O)O)c-2c1CC.Nc1c(C(=O)O)c2cccccc-2c1C(=O)O.Nc1c(C(=O)O)c2cccccc-2c1C(=O)O.Nc1c(C(=O)O)c2cccccc-2c1C(=O)O. The molecule has 13 rings (SSSR count). The van der Waals surface area contributed by atoms with Crippen molar-refractivity contribution in [1.82, 2.24) is 0 Å². The van der Waals surface area contributed by atoms with E-state index in [4.69, 9.17) is 65.0 Å². The Bertz CT molecular complexity index is 5800. The van der Waals surface area contributed by atoms with Crippen molar-refractivity contribution in [2.24, 2.45) is 0 Å². The summed E-state index contributed by atoms with van der Waals surface area (Å²) in [6, 6.07) is 39.5. The van der Waals surface area contributed by atoms with E-state index in [1.165, 1.54) is 12.1 Å². The van der Waals surface area contributed by atoms with Gasteiger partial charge in [-0.15, -0.1) is 0 Å². The molecular formula is C90H78N6O24. The summed E-state index contributed by atoms with van der Waals surface area (Å²) < 4.78 is 0. The Morgan fingerprint density at radius 3 is 0.650 bits per heavy atom. The predicted molar refractivity (Wildman–Crippen MR) is 448 cm³/mol. The summed E-state index contributed by atoms with van der Waals surface area (Å²) in [6.07, 6.45) is 1.95. The third kappa shape index (κ3) is 15.0. The predicted octanol–water partition coefficient (Wildman–Crippen LogP) is 15.6. The van der Waals surface area contributed by atoms with Gasteiger partial charge in [-0.2, -0.15) is 0 Å². The molecule has 120 heavy (non-hydrogen) atoms. The van der Waals surface area contributed by atoms with Crippen molar-refractivity contribution < 1.29 is 119 Å². The Hall–Kier alpha value is -16.1. The molecule has 0 radical (unpaired) electrons. The lowest BCUT2D eigenvalue weighted by atomic mass is 9.85. The molecule has 0 heterocycles. The second kappa shape index (κ2) is 34.5. The summed E-state index contributed by atoms with van der Waals surface area (Å²) in [6.45, 7) is 11.3. The number of rotatable bonds is 21. The van der Waals surface area contributed by atoms with E-state index >= 15 is 0 Å². The Morgan fingerprint density at radius 2 is 0.383 bits per heavy atom. The first-order chi connectivity index (χ1) is 56.9. The summed E-state index contributed by atoms with van der Waals surface area (Å²) in [5.74, 6) is -15.7. The van der Waals surface area contributed by atoms with E-state index in [9.17, 15) is 88.2 Å². The molecule has 12 aliphatic carbocycles. The molecule has 24 N–H and O–H groups in total. The third-order valence-electron chi connectivity index (χ3n) is 21.1. The van der Waals surface area contributed by atoms with Gasteiger partial charge in [0.05, 0.1) is 101 Å². The zero-order valence-corrected chi connectivity index (χ0v) is 64.8. The lowest BCUT2D eigenvalue weighted by molar-refractivity contribution is 0.0682.